The van der Waals surface area contributed by atoms with Crippen LogP contribution in [0.15, 0.2) is 0 Å². The summed E-state index contributed by atoms with van der Waals surface area (Å²) in [5, 5.41) is 0. The van der Waals surface area contributed by atoms with E-state index in [0.29, 0.717) is 18.9 Å². The van der Waals surface area contributed by atoms with Crippen LogP contribution in [0.3, 0.4) is 0 Å². The largest absolute Gasteiger partial charge is 0.343 e. The molecular weight excluding hydrogens is 248 g/mol. The first-order valence-corrected chi connectivity index (χ1v) is 8.33. The highest BCUT2D eigenvalue weighted by molar-refractivity contribution is 5.76. The minimum atomic E-state index is 0.191. The number of carbonyl (C=O) groups is 1. The zero-order chi connectivity index (χ0) is 15.2. The molecule has 3 heteroatoms. The zero-order valence-corrected chi connectivity index (χ0v) is 14.0. The van der Waals surface area contributed by atoms with E-state index in [1.165, 1.54) is 19.3 Å². The van der Waals surface area contributed by atoms with Crippen molar-refractivity contribution in [2.75, 3.05) is 19.6 Å². The van der Waals surface area contributed by atoms with Gasteiger partial charge in [0.25, 0.3) is 0 Å². The predicted molar refractivity (Wildman–Crippen MR) is 85.4 cm³/mol. The molecule has 1 atom stereocenters. The summed E-state index contributed by atoms with van der Waals surface area (Å²) in [6.45, 7) is 11.7. The van der Waals surface area contributed by atoms with Crippen LogP contribution in [-0.4, -0.2) is 30.4 Å². The summed E-state index contributed by atoms with van der Waals surface area (Å²) in [6.07, 6.45) is 6.25. The van der Waals surface area contributed by atoms with Gasteiger partial charge in [0.15, 0.2) is 0 Å². The van der Waals surface area contributed by atoms with Crippen molar-refractivity contribution in [2.45, 2.75) is 66.2 Å². The van der Waals surface area contributed by atoms with Crippen LogP contribution < -0.4 is 5.73 Å². The van der Waals surface area contributed by atoms with Crippen molar-refractivity contribution < 1.29 is 4.79 Å². The molecule has 0 aromatic heterocycles. The van der Waals surface area contributed by atoms with E-state index in [4.69, 9.17) is 5.73 Å². The van der Waals surface area contributed by atoms with E-state index in [-0.39, 0.29) is 5.41 Å². The van der Waals surface area contributed by atoms with Gasteiger partial charge in [-0.1, -0.05) is 27.7 Å². The lowest BCUT2D eigenvalue weighted by Crippen LogP contribution is -2.33. The zero-order valence-electron chi connectivity index (χ0n) is 14.0. The Labute approximate surface area is 125 Å². The van der Waals surface area contributed by atoms with Crippen LogP contribution in [0.25, 0.3) is 0 Å². The summed E-state index contributed by atoms with van der Waals surface area (Å²) in [5.41, 5.74) is 5.82. The molecule has 1 unspecified atom stereocenters. The van der Waals surface area contributed by atoms with Gasteiger partial charge in [0.05, 0.1) is 0 Å². The van der Waals surface area contributed by atoms with Crippen molar-refractivity contribution in [3.63, 3.8) is 0 Å². The van der Waals surface area contributed by atoms with Gasteiger partial charge in [-0.2, -0.15) is 0 Å². The molecule has 20 heavy (non-hydrogen) atoms. The van der Waals surface area contributed by atoms with Gasteiger partial charge in [0, 0.05) is 19.5 Å². The normalized spacial score (nSPS) is 21.1. The molecule has 0 aromatic carbocycles. The van der Waals surface area contributed by atoms with Crippen LogP contribution in [0.5, 0.6) is 0 Å². The van der Waals surface area contributed by atoms with E-state index in [1.807, 2.05) is 0 Å². The van der Waals surface area contributed by atoms with Crippen molar-refractivity contribution >= 4 is 5.91 Å². The molecule has 3 nitrogen and oxygen atoms in total. The summed E-state index contributed by atoms with van der Waals surface area (Å²) >= 11 is 0. The Balaban J connectivity index is 2.40. The van der Waals surface area contributed by atoms with E-state index < -0.39 is 0 Å². The van der Waals surface area contributed by atoms with Gasteiger partial charge in [0.2, 0.25) is 5.91 Å². The molecular formula is C17H34N2O. The molecule has 0 aliphatic carbocycles. The minimum absolute atomic E-state index is 0.191. The Bertz CT molecular complexity index is 299. The monoisotopic (exact) mass is 282 g/mol. The highest BCUT2D eigenvalue weighted by Crippen LogP contribution is 2.28. The lowest BCUT2D eigenvalue weighted by Gasteiger charge is -2.26. The molecule has 1 aliphatic rings. The van der Waals surface area contributed by atoms with E-state index >= 15 is 0 Å². The number of carbonyl (C=O) groups excluding carboxylic acids is 1. The summed E-state index contributed by atoms with van der Waals surface area (Å²) in [4.78, 5) is 14.5. The highest BCUT2D eigenvalue weighted by atomic mass is 16.2. The fourth-order valence-electron chi connectivity index (χ4n) is 3.16. The van der Waals surface area contributed by atoms with Gasteiger partial charge in [-0.05, 0) is 55.9 Å². The highest BCUT2D eigenvalue weighted by Gasteiger charge is 2.24. The lowest BCUT2D eigenvalue weighted by atomic mass is 9.84. The third-order valence-electron chi connectivity index (χ3n) is 4.91. The molecule has 118 valence electrons. The van der Waals surface area contributed by atoms with Gasteiger partial charge >= 0.3 is 0 Å². The Morgan fingerprint density at radius 2 is 1.95 bits per heavy atom. The van der Waals surface area contributed by atoms with Crippen LogP contribution in [0.1, 0.15) is 66.2 Å². The second kappa shape index (κ2) is 8.02. The minimum Gasteiger partial charge on any atom is -0.343 e. The summed E-state index contributed by atoms with van der Waals surface area (Å²) < 4.78 is 0. The Morgan fingerprint density at radius 3 is 2.55 bits per heavy atom. The maximum absolute atomic E-state index is 12.4. The molecule has 1 aliphatic heterocycles. The average Bonchev–Trinajstić information content (AvgIpc) is 2.61. The Hall–Kier alpha value is -0.570. The summed E-state index contributed by atoms with van der Waals surface area (Å²) in [7, 11) is 0. The van der Waals surface area contributed by atoms with Crippen molar-refractivity contribution in [1.29, 1.82) is 0 Å². The molecule has 1 amide bonds. The van der Waals surface area contributed by atoms with E-state index in [9.17, 15) is 4.79 Å². The number of nitrogens with two attached hydrogens (primary N) is 1. The van der Waals surface area contributed by atoms with E-state index in [0.717, 1.165) is 37.8 Å². The molecule has 0 saturated carbocycles. The molecule has 0 bridgehead atoms. The second-order valence-electron chi connectivity index (χ2n) is 7.52. The van der Waals surface area contributed by atoms with Crippen molar-refractivity contribution in [3.05, 3.63) is 0 Å². The maximum Gasteiger partial charge on any atom is 0.222 e. The predicted octanol–water partition coefficient (Wildman–Crippen LogP) is 3.43. The first kappa shape index (κ1) is 17.5. The SMILES string of the molecule is CC(C)C1CCCN(C(=O)CCC(C)(C)CCN)CC1. The average molecular weight is 282 g/mol. The van der Waals surface area contributed by atoms with Crippen LogP contribution in [-0.2, 0) is 4.79 Å². The van der Waals surface area contributed by atoms with Gasteiger partial charge in [0.1, 0.15) is 0 Å². The third kappa shape index (κ3) is 5.82. The molecule has 2 N–H and O–H groups in total. The second-order valence-corrected chi connectivity index (χ2v) is 7.52. The Morgan fingerprint density at radius 1 is 1.25 bits per heavy atom. The van der Waals surface area contributed by atoms with Crippen LogP contribution in [0.4, 0.5) is 0 Å². The van der Waals surface area contributed by atoms with Crippen molar-refractivity contribution in [3.8, 4) is 0 Å². The molecule has 1 saturated heterocycles. The number of hydrogen-bond donors (Lipinski definition) is 1. The van der Waals surface area contributed by atoms with Crippen molar-refractivity contribution in [1.82, 2.24) is 4.90 Å². The quantitative estimate of drug-likeness (QED) is 0.811. The van der Waals surface area contributed by atoms with Gasteiger partial charge in [-0.25, -0.2) is 0 Å². The van der Waals surface area contributed by atoms with Crippen LogP contribution in [0.2, 0.25) is 0 Å². The number of likely N-dealkylation sites (tertiary alicyclic amines) is 1. The first-order valence-electron chi connectivity index (χ1n) is 8.33. The van der Waals surface area contributed by atoms with Gasteiger partial charge in [-0.3, -0.25) is 4.79 Å². The molecule has 1 fully saturated rings. The number of amides is 1. The first-order chi connectivity index (χ1) is 9.35. The summed E-state index contributed by atoms with van der Waals surface area (Å²) in [5.74, 6) is 1.88. The summed E-state index contributed by atoms with van der Waals surface area (Å²) in [6, 6.07) is 0. The van der Waals surface area contributed by atoms with Gasteiger partial charge < -0.3 is 10.6 Å². The number of nitrogens with zero attached hydrogens (tertiary/aromatic N) is 1. The molecule has 0 radical (unpaired) electrons. The third-order valence-corrected chi connectivity index (χ3v) is 4.91. The van der Waals surface area contributed by atoms with Crippen LogP contribution >= 0.6 is 0 Å². The lowest BCUT2D eigenvalue weighted by molar-refractivity contribution is -0.131. The van der Waals surface area contributed by atoms with Crippen molar-refractivity contribution in [2.24, 2.45) is 23.0 Å². The standard InChI is InChI=1S/C17H34N2O/c1-14(2)15-6-5-12-19(13-8-15)16(20)7-9-17(3,4)10-11-18/h14-15H,5-13,18H2,1-4H3. The number of rotatable bonds is 6. The molecule has 1 rings (SSSR count). The smallest absolute Gasteiger partial charge is 0.222 e. The maximum atomic E-state index is 12.4. The fraction of sp³-hybridized carbons (Fsp3) is 0.941. The number of hydrogen-bond acceptors (Lipinski definition) is 2. The van der Waals surface area contributed by atoms with E-state index in [1.54, 1.807) is 0 Å². The topological polar surface area (TPSA) is 46.3 Å². The Kier molecular flexibility index (Phi) is 7.01. The molecule has 1 heterocycles. The molecule has 0 aromatic rings. The van der Waals surface area contributed by atoms with E-state index in [2.05, 4.69) is 32.6 Å². The van der Waals surface area contributed by atoms with Crippen LogP contribution in [0, 0.1) is 17.3 Å². The molecule has 0 spiro atoms. The fourth-order valence-corrected chi connectivity index (χ4v) is 3.16. The van der Waals surface area contributed by atoms with Gasteiger partial charge in [-0.15, -0.1) is 0 Å².